The van der Waals surface area contributed by atoms with Gasteiger partial charge in [0.15, 0.2) is 5.82 Å². The quantitative estimate of drug-likeness (QED) is 0.414. The molecule has 2 heterocycles. The van der Waals surface area contributed by atoms with Crippen LogP contribution in [0.5, 0.6) is 0 Å². The standard InChI is InChI=1S/C28H27N5O2/c34-26(19-20-9-3-1-4-10-20)30-24-12-7-6-11-23(24)28(35)29-22-16-14-21(15-17-22)27-32-31-25-13-5-2-8-18-33(25)27/h1,3-4,6-7,9-12,14-17H,2,5,8,13,18-19H2,(H,29,35)(H,30,34). The van der Waals surface area contributed by atoms with Gasteiger partial charge in [-0.2, -0.15) is 0 Å². The summed E-state index contributed by atoms with van der Waals surface area (Å²) in [6.45, 7) is 0.933. The second-order valence-electron chi connectivity index (χ2n) is 8.69. The molecular formula is C28H27N5O2. The molecule has 0 radical (unpaired) electrons. The van der Waals surface area contributed by atoms with Gasteiger partial charge in [0, 0.05) is 24.2 Å². The highest BCUT2D eigenvalue weighted by atomic mass is 16.2. The third kappa shape index (κ3) is 5.30. The third-order valence-corrected chi connectivity index (χ3v) is 6.16. The van der Waals surface area contributed by atoms with Crippen LogP contribution in [0.2, 0.25) is 0 Å². The molecule has 1 aliphatic rings. The van der Waals surface area contributed by atoms with E-state index in [1.807, 2.05) is 54.6 Å². The fraction of sp³-hybridized carbons (Fsp3) is 0.214. The zero-order valence-corrected chi connectivity index (χ0v) is 19.4. The molecule has 0 unspecified atom stereocenters. The molecule has 0 spiro atoms. The van der Waals surface area contributed by atoms with E-state index in [0.717, 1.165) is 48.6 Å². The minimum Gasteiger partial charge on any atom is -0.325 e. The number of carbonyl (C=O) groups is 2. The third-order valence-electron chi connectivity index (χ3n) is 6.16. The van der Waals surface area contributed by atoms with E-state index in [2.05, 4.69) is 25.4 Å². The smallest absolute Gasteiger partial charge is 0.257 e. The summed E-state index contributed by atoms with van der Waals surface area (Å²) in [5.74, 6) is 1.45. The van der Waals surface area contributed by atoms with Crippen molar-refractivity contribution in [2.45, 2.75) is 38.6 Å². The second kappa shape index (κ2) is 10.3. The molecule has 1 aliphatic heterocycles. The van der Waals surface area contributed by atoms with Crippen LogP contribution in [0.4, 0.5) is 11.4 Å². The van der Waals surface area contributed by atoms with E-state index in [4.69, 9.17) is 0 Å². The highest BCUT2D eigenvalue weighted by Crippen LogP contribution is 2.25. The molecule has 0 aliphatic carbocycles. The Kier molecular flexibility index (Phi) is 6.66. The maximum absolute atomic E-state index is 13.0. The number of aryl methyl sites for hydroxylation is 1. The summed E-state index contributed by atoms with van der Waals surface area (Å²) in [5.41, 5.74) is 3.43. The van der Waals surface area contributed by atoms with E-state index < -0.39 is 0 Å². The summed E-state index contributed by atoms with van der Waals surface area (Å²) in [4.78, 5) is 25.6. The predicted octanol–water partition coefficient (Wildman–Crippen LogP) is 5.11. The van der Waals surface area contributed by atoms with Crippen LogP contribution in [0.25, 0.3) is 11.4 Å². The summed E-state index contributed by atoms with van der Waals surface area (Å²) in [5, 5.41) is 14.6. The van der Waals surface area contributed by atoms with E-state index in [9.17, 15) is 9.59 Å². The molecular weight excluding hydrogens is 438 g/mol. The van der Waals surface area contributed by atoms with Gasteiger partial charge in [-0.25, -0.2) is 0 Å². The van der Waals surface area contributed by atoms with E-state index in [-0.39, 0.29) is 18.2 Å². The number of rotatable bonds is 6. The molecule has 2 N–H and O–H groups in total. The zero-order valence-electron chi connectivity index (χ0n) is 19.4. The lowest BCUT2D eigenvalue weighted by Gasteiger charge is -2.12. The maximum Gasteiger partial charge on any atom is 0.257 e. The largest absolute Gasteiger partial charge is 0.325 e. The molecule has 35 heavy (non-hydrogen) atoms. The zero-order chi connectivity index (χ0) is 24.0. The molecule has 2 amide bonds. The second-order valence-corrected chi connectivity index (χ2v) is 8.69. The van der Waals surface area contributed by atoms with Crippen molar-refractivity contribution >= 4 is 23.2 Å². The lowest BCUT2D eigenvalue weighted by atomic mass is 10.1. The molecule has 176 valence electrons. The Labute approximate surface area is 204 Å². The summed E-state index contributed by atoms with van der Waals surface area (Å²) < 4.78 is 2.20. The molecule has 7 heteroatoms. The molecule has 0 fully saturated rings. The van der Waals surface area contributed by atoms with Crippen molar-refractivity contribution in [2.24, 2.45) is 0 Å². The normalized spacial score (nSPS) is 12.9. The van der Waals surface area contributed by atoms with Gasteiger partial charge in [-0.15, -0.1) is 10.2 Å². The molecule has 7 nitrogen and oxygen atoms in total. The van der Waals surface area contributed by atoms with Crippen LogP contribution < -0.4 is 10.6 Å². The van der Waals surface area contributed by atoms with Crippen LogP contribution in [0, 0.1) is 0 Å². The Morgan fingerprint density at radius 1 is 0.800 bits per heavy atom. The fourth-order valence-corrected chi connectivity index (χ4v) is 4.37. The topological polar surface area (TPSA) is 88.9 Å². The molecule has 0 bridgehead atoms. The van der Waals surface area contributed by atoms with Gasteiger partial charge in [-0.05, 0) is 54.8 Å². The summed E-state index contributed by atoms with van der Waals surface area (Å²) in [6, 6.07) is 24.1. The number of carbonyl (C=O) groups excluding carboxylic acids is 2. The minimum absolute atomic E-state index is 0.173. The predicted molar refractivity (Wildman–Crippen MR) is 136 cm³/mol. The van der Waals surface area contributed by atoms with Crippen molar-refractivity contribution in [3.05, 3.63) is 95.8 Å². The van der Waals surface area contributed by atoms with Crippen LogP contribution in [0.15, 0.2) is 78.9 Å². The van der Waals surface area contributed by atoms with Crippen LogP contribution in [-0.2, 0) is 24.2 Å². The first kappa shape index (κ1) is 22.5. The first-order valence-electron chi connectivity index (χ1n) is 11.9. The van der Waals surface area contributed by atoms with Gasteiger partial charge in [0.05, 0.1) is 17.7 Å². The summed E-state index contributed by atoms with van der Waals surface area (Å²) in [7, 11) is 0. The van der Waals surface area contributed by atoms with Crippen molar-refractivity contribution in [1.82, 2.24) is 14.8 Å². The average Bonchev–Trinajstić information content (AvgIpc) is 3.13. The van der Waals surface area contributed by atoms with Crippen molar-refractivity contribution in [1.29, 1.82) is 0 Å². The fourth-order valence-electron chi connectivity index (χ4n) is 4.37. The number of nitrogens with zero attached hydrogens (tertiary/aromatic N) is 3. The molecule has 0 saturated heterocycles. The highest BCUT2D eigenvalue weighted by molar-refractivity contribution is 6.10. The Morgan fingerprint density at radius 3 is 2.40 bits per heavy atom. The van der Waals surface area contributed by atoms with E-state index in [1.165, 1.54) is 6.42 Å². The molecule has 5 rings (SSSR count). The molecule has 1 aromatic heterocycles. The van der Waals surface area contributed by atoms with Crippen LogP contribution >= 0.6 is 0 Å². The molecule has 3 aromatic carbocycles. The molecule has 0 atom stereocenters. The Balaban J connectivity index is 1.27. The Hall–Kier alpha value is -4.26. The Bertz CT molecular complexity index is 1330. The highest BCUT2D eigenvalue weighted by Gasteiger charge is 2.17. The Morgan fingerprint density at radius 2 is 1.57 bits per heavy atom. The SMILES string of the molecule is O=C(Cc1ccccc1)Nc1ccccc1C(=O)Nc1ccc(-c2nnc3n2CCCCC3)cc1. The lowest BCUT2D eigenvalue weighted by Crippen LogP contribution is -2.19. The number of fused-ring (bicyclic) bond motifs is 1. The number of aromatic nitrogens is 3. The van der Waals surface area contributed by atoms with Gasteiger partial charge in [0.25, 0.3) is 5.91 Å². The number of anilines is 2. The van der Waals surface area contributed by atoms with E-state index in [1.54, 1.807) is 24.3 Å². The molecule has 0 saturated carbocycles. The van der Waals surface area contributed by atoms with Crippen molar-refractivity contribution in [3.63, 3.8) is 0 Å². The monoisotopic (exact) mass is 465 g/mol. The van der Waals surface area contributed by atoms with Gasteiger partial charge in [-0.1, -0.05) is 48.9 Å². The van der Waals surface area contributed by atoms with Gasteiger partial charge in [0.2, 0.25) is 5.91 Å². The number of amides is 2. The summed E-state index contributed by atoms with van der Waals surface area (Å²) in [6.07, 6.45) is 4.69. The number of benzene rings is 3. The van der Waals surface area contributed by atoms with Crippen LogP contribution in [0.3, 0.4) is 0 Å². The number of hydrogen-bond acceptors (Lipinski definition) is 4. The van der Waals surface area contributed by atoms with Crippen molar-refractivity contribution in [3.8, 4) is 11.4 Å². The summed E-state index contributed by atoms with van der Waals surface area (Å²) >= 11 is 0. The molecule has 4 aromatic rings. The maximum atomic E-state index is 13.0. The van der Waals surface area contributed by atoms with Gasteiger partial charge < -0.3 is 15.2 Å². The minimum atomic E-state index is -0.287. The number of nitrogens with one attached hydrogen (secondary N) is 2. The van der Waals surface area contributed by atoms with Gasteiger partial charge >= 0.3 is 0 Å². The van der Waals surface area contributed by atoms with Crippen molar-refractivity contribution < 1.29 is 9.59 Å². The van der Waals surface area contributed by atoms with Crippen LogP contribution in [-0.4, -0.2) is 26.6 Å². The van der Waals surface area contributed by atoms with Gasteiger partial charge in [0.1, 0.15) is 5.82 Å². The van der Waals surface area contributed by atoms with E-state index in [0.29, 0.717) is 16.9 Å². The van der Waals surface area contributed by atoms with Crippen molar-refractivity contribution in [2.75, 3.05) is 10.6 Å². The average molecular weight is 466 g/mol. The van der Waals surface area contributed by atoms with E-state index >= 15 is 0 Å². The van der Waals surface area contributed by atoms with Gasteiger partial charge in [-0.3, -0.25) is 9.59 Å². The first-order chi connectivity index (χ1) is 17.2. The lowest BCUT2D eigenvalue weighted by molar-refractivity contribution is -0.115. The first-order valence-corrected chi connectivity index (χ1v) is 11.9. The number of para-hydroxylation sites is 1. The number of hydrogen-bond donors (Lipinski definition) is 2. The van der Waals surface area contributed by atoms with Crippen LogP contribution in [0.1, 0.15) is 41.0 Å².